The highest BCUT2D eigenvalue weighted by atomic mass is 15.3. The molecule has 0 fully saturated rings. The van der Waals surface area contributed by atoms with Gasteiger partial charge in [-0.25, -0.2) is 0 Å². The Bertz CT molecular complexity index is 461. The van der Waals surface area contributed by atoms with E-state index >= 15 is 0 Å². The summed E-state index contributed by atoms with van der Waals surface area (Å²) in [5.41, 5.74) is 2.94. The maximum Gasteiger partial charge on any atom is 0.117 e. The van der Waals surface area contributed by atoms with Crippen LogP contribution in [0.2, 0.25) is 0 Å². The largest absolute Gasteiger partial charge is 0.311 e. The Kier molecular flexibility index (Phi) is 4.05. The van der Waals surface area contributed by atoms with Crippen LogP contribution < -0.4 is 5.32 Å². The van der Waals surface area contributed by atoms with Crippen LogP contribution in [-0.4, -0.2) is 22.0 Å². The van der Waals surface area contributed by atoms with E-state index in [1.165, 1.54) is 0 Å². The molecule has 0 saturated carbocycles. The molecule has 1 heterocycles. The highest BCUT2D eigenvalue weighted by molar-refractivity contribution is 5.60. The fourth-order valence-electron chi connectivity index (χ4n) is 1.61. The van der Waals surface area contributed by atoms with Crippen molar-refractivity contribution in [2.45, 2.75) is 13.0 Å². The molecule has 17 heavy (non-hydrogen) atoms. The lowest BCUT2D eigenvalue weighted by Gasteiger charge is -2.02. The topological polar surface area (TPSA) is 53.6 Å². The number of aromatic amines is 1. The molecule has 0 radical (unpaired) electrons. The van der Waals surface area contributed by atoms with Crippen LogP contribution in [0.15, 0.2) is 43.0 Å². The molecule has 0 aliphatic heterocycles. The van der Waals surface area contributed by atoms with E-state index in [9.17, 15) is 0 Å². The standard InChI is InChI=1S/C13H16N4/c1-2-3-9-14-10-12-13(16-17-15-12)11-7-5-4-6-8-11/h2,4-8,14H,1,3,9-10H2,(H,15,16,17). The molecule has 0 amide bonds. The molecule has 4 nitrogen and oxygen atoms in total. The van der Waals surface area contributed by atoms with E-state index in [4.69, 9.17) is 0 Å². The molecule has 2 rings (SSSR count). The summed E-state index contributed by atoms with van der Waals surface area (Å²) >= 11 is 0. The highest BCUT2D eigenvalue weighted by Crippen LogP contribution is 2.18. The van der Waals surface area contributed by atoms with Crippen LogP contribution in [0, 0.1) is 0 Å². The first-order valence-corrected chi connectivity index (χ1v) is 5.68. The lowest BCUT2D eigenvalue weighted by molar-refractivity contribution is 0.681. The van der Waals surface area contributed by atoms with Crippen molar-refractivity contribution in [1.29, 1.82) is 0 Å². The summed E-state index contributed by atoms with van der Waals surface area (Å²) in [7, 11) is 0. The van der Waals surface area contributed by atoms with Gasteiger partial charge in [0.1, 0.15) is 11.4 Å². The number of hydrogen-bond acceptors (Lipinski definition) is 3. The summed E-state index contributed by atoms with van der Waals surface area (Å²) in [4.78, 5) is 0. The molecule has 88 valence electrons. The summed E-state index contributed by atoms with van der Waals surface area (Å²) in [6, 6.07) is 10.1. The second-order valence-electron chi connectivity index (χ2n) is 3.74. The number of H-pyrrole nitrogens is 1. The van der Waals surface area contributed by atoms with Crippen molar-refractivity contribution >= 4 is 0 Å². The van der Waals surface area contributed by atoms with Crippen molar-refractivity contribution in [1.82, 2.24) is 20.7 Å². The monoisotopic (exact) mass is 228 g/mol. The normalized spacial score (nSPS) is 10.4. The number of benzene rings is 1. The number of aromatic nitrogens is 3. The number of rotatable bonds is 6. The number of nitrogens with zero attached hydrogens (tertiary/aromatic N) is 2. The van der Waals surface area contributed by atoms with Crippen LogP contribution in [0.5, 0.6) is 0 Å². The minimum atomic E-state index is 0.717. The third kappa shape index (κ3) is 3.01. The SMILES string of the molecule is C=CCCNCc1n[nH]nc1-c1ccccc1. The second-order valence-corrected chi connectivity index (χ2v) is 3.74. The lowest BCUT2D eigenvalue weighted by Crippen LogP contribution is -2.14. The Morgan fingerprint density at radius 1 is 1.24 bits per heavy atom. The molecule has 0 spiro atoms. The molecule has 0 aliphatic carbocycles. The summed E-state index contributed by atoms with van der Waals surface area (Å²) in [5.74, 6) is 0. The van der Waals surface area contributed by atoms with Gasteiger partial charge in [0, 0.05) is 12.1 Å². The summed E-state index contributed by atoms with van der Waals surface area (Å²) in [5, 5.41) is 14.3. The molecule has 1 aromatic carbocycles. The lowest BCUT2D eigenvalue weighted by atomic mass is 10.1. The van der Waals surface area contributed by atoms with Crippen LogP contribution in [0.25, 0.3) is 11.3 Å². The van der Waals surface area contributed by atoms with Gasteiger partial charge in [-0.05, 0) is 13.0 Å². The molecule has 0 aliphatic rings. The molecular formula is C13H16N4. The molecule has 0 atom stereocenters. The zero-order valence-corrected chi connectivity index (χ0v) is 9.69. The molecule has 2 aromatic rings. The van der Waals surface area contributed by atoms with Crippen molar-refractivity contribution in [3.63, 3.8) is 0 Å². The minimum Gasteiger partial charge on any atom is -0.311 e. The van der Waals surface area contributed by atoms with Gasteiger partial charge in [-0.3, -0.25) is 0 Å². The zero-order chi connectivity index (χ0) is 11.9. The number of nitrogens with one attached hydrogen (secondary N) is 2. The van der Waals surface area contributed by atoms with Crippen molar-refractivity contribution in [2.24, 2.45) is 0 Å². The smallest absolute Gasteiger partial charge is 0.117 e. The Hall–Kier alpha value is -1.94. The molecule has 0 saturated heterocycles. The first-order valence-electron chi connectivity index (χ1n) is 5.68. The van der Waals surface area contributed by atoms with Gasteiger partial charge in [0.25, 0.3) is 0 Å². The number of hydrogen-bond donors (Lipinski definition) is 2. The van der Waals surface area contributed by atoms with Gasteiger partial charge in [-0.15, -0.1) is 6.58 Å². The summed E-state index contributed by atoms with van der Waals surface area (Å²) in [6.07, 6.45) is 2.85. The van der Waals surface area contributed by atoms with Crippen LogP contribution in [0.4, 0.5) is 0 Å². The minimum absolute atomic E-state index is 0.717. The van der Waals surface area contributed by atoms with Crippen LogP contribution in [-0.2, 0) is 6.54 Å². The van der Waals surface area contributed by atoms with Gasteiger partial charge in [0.15, 0.2) is 0 Å². The van der Waals surface area contributed by atoms with Gasteiger partial charge in [0.05, 0.1) is 0 Å². The fraction of sp³-hybridized carbons (Fsp3) is 0.231. The van der Waals surface area contributed by atoms with E-state index in [0.717, 1.165) is 29.9 Å². The van der Waals surface area contributed by atoms with Crippen molar-refractivity contribution < 1.29 is 0 Å². The van der Waals surface area contributed by atoms with Crippen molar-refractivity contribution in [3.8, 4) is 11.3 Å². The van der Waals surface area contributed by atoms with E-state index in [2.05, 4.69) is 27.3 Å². The first-order chi connectivity index (χ1) is 8.42. The Morgan fingerprint density at radius 3 is 2.82 bits per heavy atom. The van der Waals surface area contributed by atoms with Gasteiger partial charge < -0.3 is 5.32 Å². The highest BCUT2D eigenvalue weighted by Gasteiger charge is 2.08. The van der Waals surface area contributed by atoms with Crippen LogP contribution >= 0.6 is 0 Å². The first kappa shape index (κ1) is 11.5. The molecule has 0 unspecified atom stereocenters. The average Bonchev–Trinajstić information content (AvgIpc) is 2.84. The Balaban J connectivity index is 2.04. The Labute approximate surface area is 101 Å². The maximum atomic E-state index is 4.19. The Morgan fingerprint density at radius 2 is 2.06 bits per heavy atom. The molecule has 2 N–H and O–H groups in total. The maximum absolute atomic E-state index is 4.19. The third-order valence-electron chi connectivity index (χ3n) is 2.49. The van der Waals surface area contributed by atoms with E-state index in [1.807, 2.05) is 36.4 Å². The van der Waals surface area contributed by atoms with E-state index in [1.54, 1.807) is 0 Å². The average molecular weight is 228 g/mol. The third-order valence-corrected chi connectivity index (χ3v) is 2.49. The van der Waals surface area contributed by atoms with Gasteiger partial charge >= 0.3 is 0 Å². The molecule has 0 bridgehead atoms. The van der Waals surface area contributed by atoms with Gasteiger partial charge in [0.2, 0.25) is 0 Å². The van der Waals surface area contributed by atoms with Gasteiger partial charge in [-0.1, -0.05) is 36.4 Å². The summed E-state index contributed by atoms with van der Waals surface area (Å²) in [6.45, 7) is 5.31. The van der Waals surface area contributed by atoms with E-state index < -0.39 is 0 Å². The molecular weight excluding hydrogens is 212 g/mol. The molecule has 4 heteroatoms. The quantitative estimate of drug-likeness (QED) is 0.588. The molecule has 1 aromatic heterocycles. The second kappa shape index (κ2) is 5.96. The van der Waals surface area contributed by atoms with Crippen LogP contribution in [0.1, 0.15) is 12.1 Å². The van der Waals surface area contributed by atoms with Crippen molar-refractivity contribution in [2.75, 3.05) is 6.54 Å². The predicted molar refractivity (Wildman–Crippen MR) is 68.3 cm³/mol. The van der Waals surface area contributed by atoms with E-state index in [-0.39, 0.29) is 0 Å². The fourth-order valence-corrected chi connectivity index (χ4v) is 1.61. The van der Waals surface area contributed by atoms with Gasteiger partial charge in [-0.2, -0.15) is 15.4 Å². The van der Waals surface area contributed by atoms with Crippen molar-refractivity contribution in [3.05, 3.63) is 48.7 Å². The predicted octanol–water partition coefficient (Wildman–Crippen LogP) is 2.14. The van der Waals surface area contributed by atoms with E-state index in [0.29, 0.717) is 6.54 Å². The zero-order valence-electron chi connectivity index (χ0n) is 9.69. The summed E-state index contributed by atoms with van der Waals surface area (Å²) < 4.78 is 0. The van der Waals surface area contributed by atoms with Crippen LogP contribution in [0.3, 0.4) is 0 Å².